The van der Waals surface area contributed by atoms with Crippen LogP contribution in [-0.2, 0) is 6.54 Å². The molecule has 6 nitrogen and oxygen atoms in total. The third kappa shape index (κ3) is 5.84. The number of benzene rings is 1. The van der Waals surface area contributed by atoms with E-state index in [1.807, 2.05) is 12.1 Å². The topological polar surface area (TPSA) is 57.2 Å². The van der Waals surface area contributed by atoms with Crippen molar-refractivity contribution in [3.8, 4) is 11.5 Å². The van der Waals surface area contributed by atoms with Crippen LogP contribution < -0.4 is 14.8 Å². The van der Waals surface area contributed by atoms with Gasteiger partial charge in [-0.25, -0.2) is 0 Å². The quantitative estimate of drug-likeness (QED) is 0.654. The van der Waals surface area contributed by atoms with Gasteiger partial charge in [-0.15, -0.1) is 0 Å². The highest BCUT2D eigenvalue weighted by atomic mass is 16.5. The summed E-state index contributed by atoms with van der Waals surface area (Å²) in [5, 5.41) is 13.8. The SMILES string of the molecule is CCN1CCN(C[C@@H](O)COc2ccc(CNC3CC3)cc2OC)CC1. The molecule has 0 bridgehead atoms. The molecular formula is C20H33N3O3. The molecule has 0 radical (unpaired) electrons. The third-order valence-electron chi connectivity index (χ3n) is 5.21. The zero-order chi connectivity index (χ0) is 18.4. The van der Waals surface area contributed by atoms with Crippen LogP contribution in [-0.4, -0.2) is 80.0 Å². The van der Waals surface area contributed by atoms with E-state index >= 15 is 0 Å². The van der Waals surface area contributed by atoms with Gasteiger partial charge in [-0.2, -0.15) is 0 Å². The second kappa shape index (κ2) is 9.55. The van der Waals surface area contributed by atoms with Crippen molar-refractivity contribution in [2.75, 3.05) is 53.0 Å². The minimum absolute atomic E-state index is 0.282. The van der Waals surface area contributed by atoms with E-state index in [1.165, 1.54) is 18.4 Å². The van der Waals surface area contributed by atoms with Gasteiger partial charge in [0.15, 0.2) is 11.5 Å². The summed E-state index contributed by atoms with van der Waals surface area (Å²) in [5.74, 6) is 1.42. The first-order valence-electron chi connectivity index (χ1n) is 9.83. The average molecular weight is 364 g/mol. The predicted octanol–water partition coefficient (Wildman–Crippen LogP) is 1.32. The molecule has 1 saturated carbocycles. The lowest BCUT2D eigenvalue weighted by Gasteiger charge is -2.34. The molecule has 6 heteroatoms. The molecule has 2 N–H and O–H groups in total. The van der Waals surface area contributed by atoms with E-state index in [4.69, 9.17) is 9.47 Å². The maximum atomic E-state index is 10.3. The van der Waals surface area contributed by atoms with Gasteiger partial charge in [-0.3, -0.25) is 4.90 Å². The van der Waals surface area contributed by atoms with Crippen LogP contribution in [0.5, 0.6) is 11.5 Å². The molecule has 3 rings (SSSR count). The molecule has 0 spiro atoms. The molecule has 0 unspecified atom stereocenters. The highest BCUT2D eigenvalue weighted by Crippen LogP contribution is 2.29. The maximum Gasteiger partial charge on any atom is 0.161 e. The molecule has 0 amide bonds. The van der Waals surface area contributed by atoms with Gasteiger partial charge in [0, 0.05) is 45.3 Å². The minimum Gasteiger partial charge on any atom is -0.493 e. The van der Waals surface area contributed by atoms with E-state index in [0.717, 1.165) is 45.0 Å². The van der Waals surface area contributed by atoms with Crippen LogP contribution in [0.3, 0.4) is 0 Å². The van der Waals surface area contributed by atoms with E-state index in [-0.39, 0.29) is 6.61 Å². The number of methoxy groups -OCH3 is 1. The van der Waals surface area contributed by atoms with Gasteiger partial charge in [0.2, 0.25) is 0 Å². The van der Waals surface area contributed by atoms with Crippen molar-refractivity contribution in [1.29, 1.82) is 0 Å². The predicted molar refractivity (Wildman–Crippen MR) is 103 cm³/mol. The fraction of sp³-hybridized carbons (Fsp3) is 0.700. The molecule has 1 aromatic carbocycles. The zero-order valence-electron chi connectivity index (χ0n) is 16.1. The summed E-state index contributed by atoms with van der Waals surface area (Å²) in [6.07, 6.45) is 2.07. The van der Waals surface area contributed by atoms with E-state index < -0.39 is 6.10 Å². The number of hydrogen-bond donors (Lipinski definition) is 2. The first-order valence-corrected chi connectivity index (χ1v) is 9.83. The molecule has 146 valence electrons. The Bertz CT molecular complexity index is 557. The Labute approximate surface area is 157 Å². The number of β-amino-alcohol motifs (C(OH)–C–C–N with tert-alkyl or cyclic N) is 1. The number of piperazine rings is 1. The second-order valence-electron chi connectivity index (χ2n) is 7.34. The van der Waals surface area contributed by atoms with Crippen LogP contribution in [0.25, 0.3) is 0 Å². The number of ether oxygens (including phenoxy) is 2. The Kier molecular flexibility index (Phi) is 7.14. The van der Waals surface area contributed by atoms with Crippen molar-refractivity contribution in [3.63, 3.8) is 0 Å². The summed E-state index contributed by atoms with van der Waals surface area (Å²) in [4.78, 5) is 4.74. The lowest BCUT2D eigenvalue weighted by molar-refractivity contribution is 0.0464. The summed E-state index contributed by atoms with van der Waals surface area (Å²) in [5.41, 5.74) is 1.19. The molecule has 1 atom stereocenters. The van der Waals surface area contributed by atoms with Gasteiger partial charge in [-0.05, 0) is 37.1 Å². The lowest BCUT2D eigenvalue weighted by atomic mass is 10.2. The number of hydrogen-bond acceptors (Lipinski definition) is 6. The molecular weight excluding hydrogens is 330 g/mol. The van der Waals surface area contributed by atoms with Crippen molar-refractivity contribution >= 4 is 0 Å². The normalized spacial score (nSPS) is 20.1. The molecule has 1 aromatic rings. The Balaban J connectivity index is 1.44. The second-order valence-corrected chi connectivity index (χ2v) is 7.34. The summed E-state index contributed by atoms with van der Waals surface area (Å²) in [6.45, 7) is 9.27. The number of rotatable bonds is 10. The Morgan fingerprint density at radius 1 is 1.15 bits per heavy atom. The van der Waals surface area contributed by atoms with Gasteiger partial charge in [0.1, 0.15) is 12.7 Å². The summed E-state index contributed by atoms with van der Waals surface area (Å²) in [6, 6.07) is 6.70. The third-order valence-corrected chi connectivity index (χ3v) is 5.21. The number of nitrogens with one attached hydrogen (secondary N) is 1. The summed E-state index contributed by atoms with van der Waals surface area (Å²) >= 11 is 0. The monoisotopic (exact) mass is 363 g/mol. The van der Waals surface area contributed by atoms with E-state index in [9.17, 15) is 5.11 Å². The van der Waals surface area contributed by atoms with Gasteiger partial charge < -0.3 is 24.8 Å². The summed E-state index contributed by atoms with van der Waals surface area (Å²) < 4.78 is 11.3. The molecule has 1 saturated heterocycles. The zero-order valence-corrected chi connectivity index (χ0v) is 16.1. The van der Waals surface area contributed by atoms with Crippen LogP contribution in [0.15, 0.2) is 18.2 Å². The van der Waals surface area contributed by atoms with Crippen molar-refractivity contribution < 1.29 is 14.6 Å². The van der Waals surface area contributed by atoms with Crippen LogP contribution in [0, 0.1) is 0 Å². The van der Waals surface area contributed by atoms with Gasteiger partial charge >= 0.3 is 0 Å². The van der Waals surface area contributed by atoms with E-state index in [1.54, 1.807) is 7.11 Å². The number of likely N-dealkylation sites (N-methyl/N-ethyl adjacent to an activating group) is 1. The van der Waals surface area contributed by atoms with Crippen LogP contribution in [0.4, 0.5) is 0 Å². The van der Waals surface area contributed by atoms with Crippen molar-refractivity contribution in [2.45, 2.75) is 38.5 Å². The fourth-order valence-electron chi connectivity index (χ4n) is 3.32. The fourth-order valence-corrected chi connectivity index (χ4v) is 3.32. The van der Waals surface area contributed by atoms with Crippen molar-refractivity contribution in [3.05, 3.63) is 23.8 Å². The van der Waals surface area contributed by atoms with E-state index in [0.29, 0.717) is 18.3 Å². The van der Waals surface area contributed by atoms with Gasteiger partial charge in [0.05, 0.1) is 7.11 Å². The van der Waals surface area contributed by atoms with Crippen LogP contribution in [0.1, 0.15) is 25.3 Å². The largest absolute Gasteiger partial charge is 0.493 e. The molecule has 0 aromatic heterocycles. The molecule has 1 aliphatic carbocycles. The Hall–Kier alpha value is -1.34. The highest BCUT2D eigenvalue weighted by Gasteiger charge is 2.21. The first-order chi connectivity index (χ1) is 12.7. The Morgan fingerprint density at radius 3 is 2.54 bits per heavy atom. The summed E-state index contributed by atoms with van der Waals surface area (Å²) in [7, 11) is 1.66. The first kappa shape index (κ1) is 19.4. The van der Waals surface area contributed by atoms with Gasteiger partial charge in [-0.1, -0.05) is 13.0 Å². The average Bonchev–Trinajstić information content (AvgIpc) is 3.50. The molecule has 2 fully saturated rings. The molecule has 1 heterocycles. The van der Waals surface area contributed by atoms with Gasteiger partial charge in [0.25, 0.3) is 0 Å². The lowest BCUT2D eigenvalue weighted by Crippen LogP contribution is -2.49. The molecule has 1 aliphatic heterocycles. The standard InChI is InChI=1S/C20H33N3O3/c1-3-22-8-10-23(11-9-22)14-18(24)15-26-19-7-4-16(12-20(19)25-2)13-21-17-5-6-17/h4,7,12,17-18,21,24H,3,5-6,8-11,13-15H2,1-2H3/t18-/m1/s1. The Morgan fingerprint density at radius 2 is 1.88 bits per heavy atom. The maximum absolute atomic E-state index is 10.3. The van der Waals surface area contributed by atoms with Crippen molar-refractivity contribution in [2.24, 2.45) is 0 Å². The van der Waals surface area contributed by atoms with Crippen molar-refractivity contribution in [1.82, 2.24) is 15.1 Å². The number of nitrogens with zero attached hydrogens (tertiary/aromatic N) is 2. The number of aliphatic hydroxyl groups excluding tert-OH is 1. The smallest absolute Gasteiger partial charge is 0.161 e. The van der Waals surface area contributed by atoms with Crippen LogP contribution in [0.2, 0.25) is 0 Å². The number of aliphatic hydroxyl groups is 1. The van der Waals surface area contributed by atoms with E-state index in [2.05, 4.69) is 28.1 Å². The molecule has 26 heavy (non-hydrogen) atoms. The van der Waals surface area contributed by atoms with Crippen LogP contribution >= 0.6 is 0 Å². The molecule has 2 aliphatic rings. The highest BCUT2D eigenvalue weighted by molar-refractivity contribution is 5.43. The minimum atomic E-state index is -0.496.